The Labute approximate surface area is 97.7 Å². The quantitative estimate of drug-likeness (QED) is 0.812. The fraction of sp³-hybridized carbons (Fsp3) is 0. The fourth-order valence-corrected chi connectivity index (χ4v) is 2.55. The average Bonchev–Trinajstić information content (AvgIpc) is 3.02. The van der Waals surface area contributed by atoms with Crippen LogP contribution in [-0.4, -0.2) is 11.2 Å². The van der Waals surface area contributed by atoms with Crippen LogP contribution in [0.15, 0.2) is 58.7 Å². The second kappa shape index (κ2) is 3.94. The van der Waals surface area contributed by atoms with Crippen LogP contribution >= 0.6 is 11.3 Å². The number of nitrogens with one attached hydrogen (secondary N) is 1. The van der Waals surface area contributed by atoms with Crippen molar-refractivity contribution in [2.24, 2.45) is 4.99 Å². The summed E-state index contributed by atoms with van der Waals surface area (Å²) in [6.45, 7) is 0. The van der Waals surface area contributed by atoms with Crippen LogP contribution in [0.5, 0.6) is 0 Å². The van der Waals surface area contributed by atoms with Crippen molar-refractivity contribution < 1.29 is 0 Å². The molecule has 3 heteroatoms. The van der Waals surface area contributed by atoms with Crippen LogP contribution in [0, 0.1) is 0 Å². The van der Waals surface area contributed by atoms with E-state index < -0.39 is 0 Å². The van der Waals surface area contributed by atoms with Gasteiger partial charge in [-0.15, -0.1) is 11.3 Å². The van der Waals surface area contributed by atoms with Crippen molar-refractivity contribution in [3.05, 3.63) is 64.3 Å². The molecule has 1 aliphatic heterocycles. The van der Waals surface area contributed by atoms with Gasteiger partial charge in [0.05, 0.1) is 5.70 Å². The van der Waals surface area contributed by atoms with Crippen molar-refractivity contribution in [1.82, 2.24) is 4.98 Å². The smallest absolute Gasteiger partial charge is 0.0737 e. The maximum Gasteiger partial charge on any atom is 0.0737 e. The molecule has 3 rings (SSSR count). The summed E-state index contributed by atoms with van der Waals surface area (Å²) < 4.78 is 0. The molecule has 0 amide bonds. The molecule has 0 fully saturated rings. The summed E-state index contributed by atoms with van der Waals surface area (Å²) in [5.41, 5.74) is 3.30. The van der Waals surface area contributed by atoms with Crippen molar-refractivity contribution in [2.45, 2.75) is 0 Å². The molecule has 3 heterocycles. The van der Waals surface area contributed by atoms with Crippen LogP contribution < -0.4 is 0 Å². The summed E-state index contributed by atoms with van der Waals surface area (Å²) >= 11 is 1.73. The van der Waals surface area contributed by atoms with Crippen LogP contribution in [0.4, 0.5) is 0 Å². The van der Waals surface area contributed by atoms with Gasteiger partial charge in [-0.25, -0.2) is 0 Å². The molecule has 2 nitrogen and oxygen atoms in total. The lowest BCUT2D eigenvalue weighted by Gasteiger charge is -2.04. The van der Waals surface area contributed by atoms with E-state index in [1.807, 2.05) is 30.6 Å². The second-order valence-corrected chi connectivity index (χ2v) is 4.41. The average molecular weight is 226 g/mol. The third-order valence-electron chi connectivity index (χ3n) is 2.44. The van der Waals surface area contributed by atoms with E-state index in [9.17, 15) is 0 Å². The molecular weight excluding hydrogens is 216 g/mol. The number of allylic oxidation sites excluding steroid dienone is 2. The molecule has 1 aliphatic rings. The Bertz CT molecular complexity index is 507. The molecule has 1 N–H and O–H groups in total. The third kappa shape index (κ3) is 1.55. The van der Waals surface area contributed by atoms with Crippen molar-refractivity contribution in [2.75, 3.05) is 0 Å². The fourth-order valence-electron chi connectivity index (χ4n) is 1.75. The number of hydrogen-bond donors (Lipinski definition) is 1. The highest BCUT2D eigenvalue weighted by Crippen LogP contribution is 2.31. The number of rotatable bonds is 2. The molecule has 2 aromatic rings. The predicted molar refractivity (Wildman–Crippen MR) is 68.8 cm³/mol. The maximum absolute atomic E-state index is 4.38. The Morgan fingerprint density at radius 1 is 1.25 bits per heavy atom. The number of hydrogen-bond acceptors (Lipinski definition) is 2. The molecule has 0 saturated heterocycles. The van der Waals surface area contributed by atoms with Crippen LogP contribution in [0.1, 0.15) is 10.6 Å². The van der Waals surface area contributed by atoms with Gasteiger partial charge in [0.2, 0.25) is 0 Å². The predicted octanol–water partition coefficient (Wildman–Crippen LogP) is 3.48. The normalized spacial score (nSPS) is 17.0. The van der Waals surface area contributed by atoms with Gasteiger partial charge in [0.15, 0.2) is 0 Å². The van der Waals surface area contributed by atoms with Crippen LogP contribution in [0.2, 0.25) is 0 Å². The standard InChI is InChI=1S/C13H10N2S/c1-4-10(14-7-1)13(11-5-2-8-15-11)12-6-3-9-16-12/h1-9,14H/b13-11+. The Morgan fingerprint density at radius 2 is 2.25 bits per heavy atom. The first kappa shape index (κ1) is 9.36. The first-order valence-corrected chi connectivity index (χ1v) is 5.96. The first-order chi connectivity index (χ1) is 7.95. The van der Waals surface area contributed by atoms with Gasteiger partial charge in [-0.2, -0.15) is 0 Å². The highest BCUT2D eigenvalue weighted by atomic mass is 32.1. The molecule has 16 heavy (non-hydrogen) atoms. The van der Waals surface area contributed by atoms with Gasteiger partial charge < -0.3 is 4.98 Å². The molecule has 78 valence electrons. The van der Waals surface area contributed by atoms with Crippen LogP contribution in [0.25, 0.3) is 5.57 Å². The number of aliphatic imine (C=N–C) groups is 1. The van der Waals surface area contributed by atoms with E-state index in [-0.39, 0.29) is 0 Å². The number of H-pyrrole nitrogens is 1. The summed E-state index contributed by atoms with van der Waals surface area (Å²) in [6.07, 6.45) is 7.76. The Hall–Kier alpha value is -1.87. The maximum atomic E-state index is 4.38. The molecular formula is C13H10N2S. The van der Waals surface area contributed by atoms with Gasteiger partial charge in [0, 0.05) is 28.6 Å². The van der Waals surface area contributed by atoms with E-state index in [1.165, 1.54) is 10.5 Å². The van der Waals surface area contributed by atoms with Gasteiger partial charge in [-0.1, -0.05) is 6.07 Å². The largest absolute Gasteiger partial charge is 0.361 e. The zero-order valence-electron chi connectivity index (χ0n) is 8.55. The van der Waals surface area contributed by atoms with Gasteiger partial charge in [0.25, 0.3) is 0 Å². The zero-order chi connectivity index (χ0) is 10.8. The summed E-state index contributed by atoms with van der Waals surface area (Å²) in [7, 11) is 0. The van der Waals surface area contributed by atoms with Crippen molar-refractivity contribution in [3.8, 4) is 0 Å². The van der Waals surface area contributed by atoms with E-state index in [1.54, 1.807) is 11.3 Å². The lowest BCUT2D eigenvalue weighted by atomic mass is 10.1. The molecule has 0 bridgehead atoms. The molecule has 0 saturated carbocycles. The van der Waals surface area contributed by atoms with E-state index in [4.69, 9.17) is 0 Å². The van der Waals surface area contributed by atoms with E-state index >= 15 is 0 Å². The minimum atomic E-state index is 1.02. The highest BCUT2D eigenvalue weighted by molar-refractivity contribution is 7.11. The van der Waals surface area contributed by atoms with E-state index in [0.29, 0.717) is 0 Å². The van der Waals surface area contributed by atoms with Gasteiger partial charge in [-0.05, 0) is 35.7 Å². The second-order valence-electron chi connectivity index (χ2n) is 3.46. The Balaban J connectivity index is 2.20. The Kier molecular flexibility index (Phi) is 2.31. The minimum absolute atomic E-state index is 1.02. The van der Waals surface area contributed by atoms with Crippen LogP contribution in [0.3, 0.4) is 0 Å². The Morgan fingerprint density at radius 3 is 2.88 bits per heavy atom. The van der Waals surface area contributed by atoms with Gasteiger partial charge in [0.1, 0.15) is 0 Å². The topological polar surface area (TPSA) is 28.1 Å². The summed E-state index contributed by atoms with van der Waals surface area (Å²) in [4.78, 5) is 8.86. The molecule has 0 atom stereocenters. The van der Waals surface area contributed by atoms with E-state index in [2.05, 4.69) is 33.6 Å². The molecule has 2 aromatic heterocycles. The number of aromatic nitrogens is 1. The summed E-state index contributed by atoms with van der Waals surface area (Å²) in [5, 5.41) is 2.08. The molecule has 0 aromatic carbocycles. The van der Waals surface area contributed by atoms with Crippen molar-refractivity contribution in [1.29, 1.82) is 0 Å². The highest BCUT2D eigenvalue weighted by Gasteiger charge is 2.12. The van der Waals surface area contributed by atoms with Gasteiger partial charge >= 0.3 is 0 Å². The first-order valence-electron chi connectivity index (χ1n) is 5.08. The van der Waals surface area contributed by atoms with Crippen LogP contribution in [-0.2, 0) is 0 Å². The number of nitrogens with zero attached hydrogens (tertiary/aromatic N) is 1. The van der Waals surface area contributed by atoms with Gasteiger partial charge in [-0.3, -0.25) is 4.99 Å². The molecule has 0 aliphatic carbocycles. The molecule has 0 spiro atoms. The lowest BCUT2D eigenvalue weighted by molar-refractivity contribution is 1.33. The third-order valence-corrected chi connectivity index (χ3v) is 3.33. The summed E-state index contributed by atoms with van der Waals surface area (Å²) in [6, 6.07) is 8.26. The van der Waals surface area contributed by atoms with Crippen molar-refractivity contribution >= 4 is 23.1 Å². The van der Waals surface area contributed by atoms with E-state index in [0.717, 1.165) is 11.4 Å². The SMILES string of the molecule is C1=C/C(=C(/c2ccc[nH]2)c2cccs2)N=C1. The summed E-state index contributed by atoms with van der Waals surface area (Å²) in [5.74, 6) is 0. The molecule has 0 unspecified atom stereocenters. The minimum Gasteiger partial charge on any atom is -0.361 e. The zero-order valence-corrected chi connectivity index (χ0v) is 9.37. The molecule has 0 radical (unpaired) electrons. The van der Waals surface area contributed by atoms with Crippen molar-refractivity contribution in [3.63, 3.8) is 0 Å². The number of aromatic amines is 1. The lowest BCUT2D eigenvalue weighted by Crippen LogP contribution is -1.88. The monoisotopic (exact) mass is 226 g/mol. The number of thiophene rings is 1.